The molecule has 0 radical (unpaired) electrons. The number of hydrogen-bond donors (Lipinski definition) is 0. The molecule has 5 heteroatoms. The first-order valence-corrected chi connectivity index (χ1v) is 19.7. The fraction of sp³-hybridized carbons (Fsp3) is 0.0566. The molecule has 58 heavy (non-hydrogen) atoms. The van der Waals surface area contributed by atoms with Gasteiger partial charge in [0.15, 0.2) is 17.5 Å². The van der Waals surface area contributed by atoms with Gasteiger partial charge in [0, 0.05) is 44.2 Å². The lowest BCUT2D eigenvalue weighted by molar-refractivity contribution is 0.660. The van der Waals surface area contributed by atoms with E-state index in [1.54, 1.807) is 0 Å². The highest BCUT2D eigenvalue weighted by atomic mass is 15.2. The largest absolute Gasteiger partial charge is 0.231 e. The predicted molar refractivity (Wildman–Crippen MR) is 236 cm³/mol. The van der Waals surface area contributed by atoms with Crippen molar-refractivity contribution in [3.8, 4) is 78.9 Å². The summed E-state index contributed by atoms with van der Waals surface area (Å²) in [6, 6.07) is 66.0. The van der Waals surface area contributed by atoms with Crippen molar-refractivity contribution in [1.29, 1.82) is 0 Å². The van der Waals surface area contributed by atoms with Crippen LogP contribution in [-0.2, 0) is 5.41 Å². The van der Waals surface area contributed by atoms with Crippen molar-refractivity contribution in [3.05, 3.63) is 199 Å². The number of fused-ring (bicyclic) bond motifs is 6. The second-order valence-corrected chi connectivity index (χ2v) is 15.5. The van der Waals surface area contributed by atoms with E-state index >= 15 is 0 Å². The third kappa shape index (κ3) is 5.47. The minimum Gasteiger partial charge on any atom is -0.231 e. The van der Waals surface area contributed by atoms with Crippen LogP contribution >= 0.6 is 0 Å². The zero-order valence-corrected chi connectivity index (χ0v) is 32.1. The van der Waals surface area contributed by atoms with Crippen molar-refractivity contribution < 1.29 is 0 Å². The summed E-state index contributed by atoms with van der Waals surface area (Å²) in [5.41, 5.74) is 15.3. The number of aromatic nitrogens is 5. The minimum atomic E-state index is -0.137. The van der Waals surface area contributed by atoms with Crippen LogP contribution in [0.1, 0.15) is 25.0 Å². The Morgan fingerprint density at radius 2 is 0.931 bits per heavy atom. The van der Waals surface area contributed by atoms with Crippen LogP contribution in [0, 0.1) is 0 Å². The van der Waals surface area contributed by atoms with Crippen LogP contribution in [0.4, 0.5) is 0 Å². The number of benzene rings is 7. The van der Waals surface area contributed by atoms with Crippen molar-refractivity contribution in [2.24, 2.45) is 0 Å². The van der Waals surface area contributed by atoms with Gasteiger partial charge in [-0.2, -0.15) is 5.10 Å². The Kier molecular flexibility index (Phi) is 7.76. The lowest BCUT2D eigenvalue weighted by Crippen LogP contribution is -2.15. The highest BCUT2D eigenvalue weighted by molar-refractivity contribution is 6.08. The van der Waals surface area contributed by atoms with E-state index in [2.05, 4.69) is 182 Å². The summed E-state index contributed by atoms with van der Waals surface area (Å²) in [5.74, 6) is 1.92. The number of pyridine rings is 1. The summed E-state index contributed by atoms with van der Waals surface area (Å²) in [5, 5.41) is 7.70. The lowest BCUT2D eigenvalue weighted by atomic mass is 9.82. The second-order valence-electron chi connectivity index (χ2n) is 15.5. The van der Waals surface area contributed by atoms with Crippen LogP contribution in [-0.4, -0.2) is 24.6 Å². The van der Waals surface area contributed by atoms with Gasteiger partial charge in [-0.3, -0.25) is 0 Å². The minimum absolute atomic E-state index is 0.137. The molecule has 5 nitrogen and oxygen atoms in total. The van der Waals surface area contributed by atoms with E-state index in [1.165, 1.54) is 22.3 Å². The van der Waals surface area contributed by atoms with Gasteiger partial charge >= 0.3 is 0 Å². The summed E-state index contributed by atoms with van der Waals surface area (Å²) >= 11 is 0. The fourth-order valence-electron chi connectivity index (χ4n) is 8.75. The maximum absolute atomic E-state index is 5.39. The Hall–Kier alpha value is -7.50. The maximum atomic E-state index is 5.39. The molecule has 1 aliphatic rings. The van der Waals surface area contributed by atoms with Crippen molar-refractivity contribution >= 4 is 16.3 Å². The number of nitrogens with zero attached hydrogens (tertiary/aromatic N) is 5. The molecular formula is C53H37N5. The zero-order valence-electron chi connectivity index (χ0n) is 32.1. The van der Waals surface area contributed by atoms with E-state index < -0.39 is 0 Å². The molecule has 0 N–H and O–H groups in total. The standard InChI is InChI=1S/C53H37N5/c1-53(2)44-25-15-14-24-42(44)43-31-30-40(32-45(43)53)52-55-50(37-20-10-5-11-21-37)54-51(56-52)38-28-26-34(27-29-38)46-33-39-22-12-13-23-41(39)49-47(35-16-6-3-7-17-35)48(57-58(46)49)36-18-8-4-9-19-36/h3-33H,1-2H3. The van der Waals surface area contributed by atoms with Gasteiger partial charge in [0.05, 0.1) is 11.2 Å². The van der Waals surface area contributed by atoms with Crippen LogP contribution in [0.15, 0.2) is 188 Å². The maximum Gasteiger partial charge on any atom is 0.164 e. The Morgan fingerprint density at radius 3 is 1.64 bits per heavy atom. The Bertz CT molecular complexity index is 3170. The first kappa shape index (κ1) is 33.8. The molecule has 274 valence electrons. The Labute approximate surface area is 337 Å². The van der Waals surface area contributed by atoms with E-state index in [0.29, 0.717) is 17.5 Å². The van der Waals surface area contributed by atoms with E-state index in [0.717, 1.165) is 66.6 Å². The second kappa shape index (κ2) is 13.3. The fourth-order valence-corrected chi connectivity index (χ4v) is 8.75. The number of rotatable bonds is 6. The van der Waals surface area contributed by atoms with E-state index in [1.807, 2.05) is 24.3 Å². The molecule has 3 heterocycles. The van der Waals surface area contributed by atoms with Gasteiger partial charge in [-0.1, -0.05) is 190 Å². The van der Waals surface area contributed by atoms with Crippen LogP contribution in [0.3, 0.4) is 0 Å². The molecule has 0 unspecified atom stereocenters. The molecule has 0 aliphatic heterocycles. The summed E-state index contributed by atoms with van der Waals surface area (Å²) < 4.78 is 2.13. The van der Waals surface area contributed by atoms with Crippen molar-refractivity contribution in [1.82, 2.24) is 24.6 Å². The summed E-state index contributed by atoms with van der Waals surface area (Å²) in [6.45, 7) is 4.60. The van der Waals surface area contributed by atoms with Crippen molar-refractivity contribution in [3.63, 3.8) is 0 Å². The number of hydrogen-bond acceptors (Lipinski definition) is 4. The Morgan fingerprint density at radius 1 is 0.414 bits per heavy atom. The van der Waals surface area contributed by atoms with Gasteiger partial charge in [0.25, 0.3) is 0 Å². The molecule has 7 aromatic carbocycles. The van der Waals surface area contributed by atoms with Crippen LogP contribution in [0.2, 0.25) is 0 Å². The van der Waals surface area contributed by atoms with Gasteiger partial charge in [0.2, 0.25) is 0 Å². The lowest BCUT2D eigenvalue weighted by Gasteiger charge is -2.21. The molecule has 3 aromatic heterocycles. The van der Waals surface area contributed by atoms with Crippen LogP contribution < -0.4 is 0 Å². The van der Waals surface area contributed by atoms with Gasteiger partial charge in [-0.25, -0.2) is 19.5 Å². The van der Waals surface area contributed by atoms with Crippen LogP contribution in [0.25, 0.3) is 95.2 Å². The third-order valence-corrected chi connectivity index (χ3v) is 11.7. The average Bonchev–Trinajstić information content (AvgIpc) is 3.80. The molecule has 10 aromatic rings. The normalized spacial score (nSPS) is 12.8. The summed E-state index contributed by atoms with van der Waals surface area (Å²) in [4.78, 5) is 15.3. The highest BCUT2D eigenvalue weighted by Crippen LogP contribution is 2.49. The summed E-state index contributed by atoms with van der Waals surface area (Å²) in [6.07, 6.45) is 0. The topological polar surface area (TPSA) is 56.0 Å². The summed E-state index contributed by atoms with van der Waals surface area (Å²) in [7, 11) is 0. The van der Waals surface area contributed by atoms with Gasteiger partial charge < -0.3 is 0 Å². The van der Waals surface area contributed by atoms with Gasteiger partial charge in [-0.15, -0.1) is 0 Å². The van der Waals surface area contributed by atoms with Crippen molar-refractivity contribution in [2.45, 2.75) is 19.3 Å². The quantitative estimate of drug-likeness (QED) is 0.170. The monoisotopic (exact) mass is 743 g/mol. The predicted octanol–water partition coefficient (Wildman–Crippen LogP) is 13.0. The smallest absolute Gasteiger partial charge is 0.164 e. The van der Waals surface area contributed by atoms with E-state index in [-0.39, 0.29) is 5.41 Å². The van der Waals surface area contributed by atoms with Gasteiger partial charge in [0.1, 0.15) is 5.69 Å². The molecule has 0 bridgehead atoms. The molecule has 0 saturated heterocycles. The Balaban J connectivity index is 1.06. The third-order valence-electron chi connectivity index (χ3n) is 11.7. The SMILES string of the molecule is CC1(C)c2ccccc2-c2ccc(-c3nc(-c4ccccc4)nc(-c4ccc(-c5cc6ccccc6c6c(-c7ccccc7)c(-c7ccccc7)nn56)cc4)n3)cc21. The first-order valence-electron chi connectivity index (χ1n) is 19.7. The molecule has 1 aliphatic carbocycles. The highest BCUT2D eigenvalue weighted by Gasteiger charge is 2.35. The molecule has 11 rings (SSSR count). The molecule has 0 saturated carbocycles. The molecule has 0 amide bonds. The molecule has 0 spiro atoms. The average molecular weight is 744 g/mol. The molecular weight excluding hydrogens is 707 g/mol. The molecule has 0 fully saturated rings. The van der Waals surface area contributed by atoms with Gasteiger partial charge in [-0.05, 0) is 45.3 Å². The molecule has 0 atom stereocenters. The zero-order chi connectivity index (χ0) is 38.8. The first-order chi connectivity index (χ1) is 28.5. The van der Waals surface area contributed by atoms with E-state index in [4.69, 9.17) is 20.1 Å². The van der Waals surface area contributed by atoms with Crippen LogP contribution in [0.5, 0.6) is 0 Å². The van der Waals surface area contributed by atoms with Crippen molar-refractivity contribution in [2.75, 3.05) is 0 Å². The van der Waals surface area contributed by atoms with E-state index in [9.17, 15) is 0 Å².